The molecule has 8 heteroatoms. The molecule has 8 nitrogen and oxygen atoms in total. The Morgan fingerprint density at radius 1 is 0.216 bits per heavy atom. The van der Waals surface area contributed by atoms with E-state index in [-0.39, 0.29) is 0 Å². The van der Waals surface area contributed by atoms with Gasteiger partial charge in [0.15, 0.2) is 0 Å². The van der Waals surface area contributed by atoms with Crippen molar-refractivity contribution >= 4 is 66.4 Å². The number of benzene rings is 4. The number of fused-ring (bicyclic) bond motifs is 20. The standard InChI is InChI=1S/C80H100N8/c1-9-17-25-33-41-57-49-65-66(50-58(57)42-34-26-18-10-2)74-81-73(65)85-75-67-51-59(43-35-27-19-11-3)60(44-36-28-20-12-4)52-68(67)77(82-75)87-79-71-55-63(47-39-31-23-15-7)64(48-40-32-24-16-8)56-72(71)80(84-79)88-78-70-54-62(46-38-30-22-14-6)61(45-37-29-21-13-5)53-69(70)76(83-78)86-74/h9-16,49-56H,1-8,17-48H2,(H4,81,82,83,84,85,86,87,88). The maximum Gasteiger partial charge on any atom is 0.142 e. The van der Waals surface area contributed by atoms with Crippen LogP contribution in [0.5, 0.6) is 0 Å². The van der Waals surface area contributed by atoms with E-state index >= 15 is 0 Å². The lowest BCUT2D eigenvalue weighted by atomic mass is 9.94. The maximum absolute atomic E-state index is 5.77. The topological polar surface area (TPSA) is 113 Å². The van der Waals surface area contributed by atoms with Crippen molar-refractivity contribution in [3.63, 3.8) is 0 Å². The maximum atomic E-state index is 5.77. The molecule has 0 fully saturated rings. The van der Waals surface area contributed by atoms with E-state index in [0.717, 1.165) is 294 Å². The molecule has 0 atom stereocenters. The second-order valence-corrected chi connectivity index (χ2v) is 24.7. The molecule has 0 saturated carbocycles. The summed E-state index contributed by atoms with van der Waals surface area (Å²) in [5.41, 5.74) is 14.1. The van der Waals surface area contributed by atoms with Gasteiger partial charge in [-0.1, -0.05) is 48.6 Å². The number of hydrogen-bond acceptors (Lipinski definition) is 4. The van der Waals surface area contributed by atoms with E-state index in [2.05, 4.69) is 121 Å². The molecule has 0 aliphatic carbocycles. The summed E-state index contributed by atoms with van der Waals surface area (Å²) in [5.74, 6) is 3.12. The van der Waals surface area contributed by atoms with E-state index in [4.69, 9.17) is 20.0 Å². The Balaban J connectivity index is 1.40. The van der Waals surface area contributed by atoms with Crippen LogP contribution in [0.25, 0.3) is 43.1 Å². The molecule has 0 unspecified atom stereocenters. The fourth-order valence-corrected chi connectivity index (χ4v) is 13.2. The van der Waals surface area contributed by atoms with Gasteiger partial charge in [0.1, 0.15) is 45.2 Å². The van der Waals surface area contributed by atoms with E-state index in [1.807, 2.05) is 48.6 Å². The van der Waals surface area contributed by atoms with Gasteiger partial charge >= 0.3 is 0 Å². The molecule has 1 aliphatic heterocycles. The van der Waals surface area contributed by atoms with Crippen LogP contribution in [0.1, 0.15) is 199 Å². The molecule has 0 amide bonds. The summed E-state index contributed by atoms with van der Waals surface area (Å²) < 4.78 is 0. The first-order chi connectivity index (χ1) is 43.3. The number of hydrogen-bond donors (Lipinski definition) is 4. The predicted octanol–water partition coefficient (Wildman–Crippen LogP) is 20.9. The first-order valence-corrected chi connectivity index (χ1v) is 33.8. The summed E-state index contributed by atoms with van der Waals surface area (Å²) in [4.78, 5) is 38.7. The molecule has 460 valence electrons. The fourth-order valence-electron chi connectivity index (χ4n) is 13.2. The zero-order valence-corrected chi connectivity index (χ0v) is 53.3. The SMILES string of the molecule is C=CCCCCc1cc2c3[nH]c(c2cc1CCCCC=C)N=c1[nH]c(c2cc(CCCCC=C)c(CCCCC=C)cc12)=Nc1[nH]c(c2cc(CCCCC=C)c(CCCCC=C)cc12)N=c1[nH]c(c2cc(CCCCC=C)c(CCCCC=C)cc12)=N3. The quantitative estimate of drug-likeness (QED) is 0.0217. The van der Waals surface area contributed by atoms with Crippen molar-refractivity contribution in [3.8, 4) is 0 Å². The van der Waals surface area contributed by atoms with Crippen LogP contribution in [0.3, 0.4) is 0 Å². The summed E-state index contributed by atoms with van der Waals surface area (Å²) in [6, 6.07) is 19.4. The van der Waals surface area contributed by atoms with Crippen molar-refractivity contribution in [1.82, 2.24) is 19.9 Å². The number of H-pyrrole nitrogens is 4. The summed E-state index contributed by atoms with van der Waals surface area (Å²) in [6.45, 7) is 32.4. The monoisotopic (exact) mass is 1170 g/mol. The van der Waals surface area contributed by atoms with Gasteiger partial charge in [-0.2, -0.15) is 0 Å². The number of aromatic amines is 4. The Kier molecular flexibility index (Phi) is 24.6. The zero-order valence-electron chi connectivity index (χ0n) is 53.3. The summed E-state index contributed by atoms with van der Waals surface area (Å²) >= 11 is 0. The first-order valence-electron chi connectivity index (χ1n) is 33.8. The highest BCUT2D eigenvalue weighted by atomic mass is 15.1. The summed E-state index contributed by atoms with van der Waals surface area (Å²) in [5, 5.41) is 8.50. The molecule has 4 aromatic heterocycles. The Bertz CT molecular complexity index is 3500. The first kappa shape index (κ1) is 64.6. The van der Waals surface area contributed by atoms with Crippen LogP contribution in [0.4, 0.5) is 23.3 Å². The van der Waals surface area contributed by atoms with Crippen LogP contribution >= 0.6 is 0 Å². The van der Waals surface area contributed by atoms with Crippen molar-refractivity contribution in [2.75, 3.05) is 0 Å². The van der Waals surface area contributed by atoms with Gasteiger partial charge < -0.3 is 19.9 Å². The molecule has 8 bridgehead atoms. The lowest BCUT2D eigenvalue weighted by Gasteiger charge is -2.11. The van der Waals surface area contributed by atoms with Crippen molar-refractivity contribution in [2.24, 2.45) is 20.0 Å². The van der Waals surface area contributed by atoms with E-state index in [1.54, 1.807) is 0 Å². The molecule has 0 radical (unpaired) electrons. The van der Waals surface area contributed by atoms with E-state index < -0.39 is 0 Å². The third-order valence-electron chi connectivity index (χ3n) is 18.1. The lowest BCUT2D eigenvalue weighted by molar-refractivity contribution is 0.720. The molecular weight excluding hydrogens is 1070 g/mol. The molecule has 8 aromatic rings. The van der Waals surface area contributed by atoms with Crippen molar-refractivity contribution < 1.29 is 0 Å². The van der Waals surface area contributed by atoms with Crippen LogP contribution in [0.15, 0.2) is 170 Å². The molecule has 5 heterocycles. The molecule has 0 spiro atoms. The van der Waals surface area contributed by atoms with Gasteiger partial charge in [-0.05, 0) is 299 Å². The van der Waals surface area contributed by atoms with Gasteiger partial charge in [-0.25, -0.2) is 20.0 Å². The zero-order chi connectivity index (χ0) is 61.5. The number of aryl methyl sites for hydroxylation is 8. The highest BCUT2D eigenvalue weighted by Gasteiger charge is 2.21. The minimum Gasteiger partial charge on any atom is -0.324 e. The van der Waals surface area contributed by atoms with Gasteiger partial charge in [0.25, 0.3) is 0 Å². The number of rotatable bonds is 40. The fraction of sp³-hybridized carbons (Fsp3) is 0.400. The van der Waals surface area contributed by atoms with Crippen LogP contribution in [-0.4, -0.2) is 19.9 Å². The Hall–Kier alpha value is -7.84. The molecule has 4 N–H and O–H groups in total. The van der Waals surface area contributed by atoms with Crippen LogP contribution in [0, 0.1) is 0 Å². The average molecular weight is 1170 g/mol. The molecule has 88 heavy (non-hydrogen) atoms. The van der Waals surface area contributed by atoms with Crippen LogP contribution in [0.2, 0.25) is 0 Å². The van der Waals surface area contributed by atoms with Crippen LogP contribution < -0.4 is 22.0 Å². The van der Waals surface area contributed by atoms with Crippen molar-refractivity contribution in [1.29, 1.82) is 0 Å². The molecule has 1 aliphatic rings. The minimum atomic E-state index is 0.780. The second kappa shape index (κ2) is 33.5. The van der Waals surface area contributed by atoms with Gasteiger partial charge in [0.05, 0.1) is 0 Å². The predicted molar refractivity (Wildman–Crippen MR) is 378 cm³/mol. The highest BCUT2D eigenvalue weighted by Crippen LogP contribution is 2.40. The van der Waals surface area contributed by atoms with Crippen LogP contribution in [-0.2, 0) is 51.4 Å². The van der Waals surface area contributed by atoms with Gasteiger partial charge in [0.2, 0.25) is 0 Å². The molecule has 0 saturated heterocycles. The normalized spacial score (nSPS) is 12.0. The lowest BCUT2D eigenvalue weighted by Crippen LogP contribution is -2.10. The van der Waals surface area contributed by atoms with Gasteiger partial charge in [0, 0.05) is 43.1 Å². The average Bonchev–Trinajstić information content (AvgIpc) is 2.05. The van der Waals surface area contributed by atoms with Crippen molar-refractivity contribution in [3.05, 3.63) is 216 Å². The number of unbranched alkanes of at least 4 members (excludes halogenated alkanes) is 16. The molecular formula is C80H100N8. The Labute approximate surface area is 525 Å². The van der Waals surface area contributed by atoms with Gasteiger partial charge in [-0.3, -0.25) is 0 Å². The van der Waals surface area contributed by atoms with E-state index in [0.29, 0.717) is 0 Å². The number of aromatic nitrogens is 4. The molecule has 9 rings (SSSR count). The third-order valence-corrected chi connectivity index (χ3v) is 18.1. The number of nitrogens with one attached hydrogen (secondary N) is 4. The molecule has 4 aromatic carbocycles. The Morgan fingerprint density at radius 2 is 0.375 bits per heavy atom. The van der Waals surface area contributed by atoms with E-state index in [9.17, 15) is 0 Å². The van der Waals surface area contributed by atoms with Gasteiger partial charge in [-0.15, -0.1) is 52.6 Å². The highest BCUT2D eigenvalue weighted by molar-refractivity contribution is 6.02. The smallest absolute Gasteiger partial charge is 0.142 e. The second-order valence-electron chi connectivity index (χ2n) is 24.7. The number of nitrogens with zero attached hydrogens (tertiary/aromatic N) is 4. The third kappa shape index (κ3) is 16.5. The van der Waals surface area contributed by atoms with Crippen molar-refractivity contribution in [2.45, 2.75) is 205 Å². The minimum absolute atomic E-state index is 0.780. The summed E-state index contributed by atoms with van der Waals surface area (Å²) in [6.07, 6.45) is 49.7. The number of allylic oxidation sites excluding steroid dienone is 8. The largest absolute Gasteiger partial charge is 0.324 e. The van der Waals surface area contributed by atoms with E-state index in [1.165, 1.54) is 44.5 Å². The summed E-state index contributed by atoms with van der Waals surface area (Å²) in [7, 11) is 0. The Morgan fingerprint density at radius 3 is 0.534 bits per heavy atom.